The van der Waals surface area contributed by atoms with Crippen LogP contribution < -0.4 is 0 Å². The van der Waals surface area contributed by atoms with Gasteiger partial charge < -0.3 is 4.74 Å². The van der Waals surface area contributed by atoms with Crippen molar-refractivity contribution in [1.29, 1.82) is 0 Å². The Bertz CT molecular complexity index is 345. The molecule has 0 aliphatic carbocycles. The van der Waals surface area contributed by atoms with Crippen LogP contribution >= 0.6 is 0 Å². The molecule has 1 aromatic heterocycles. The van der Waals surface area contributed by atoms with E-state index in [-0.39, 0.29) is 5.97 Å². The van der Waals surface area contributed by atoms with E-state index in [1.165, 1.54) is 7.11 Å². The number of carbonyl (C=O) groups excluding carboxylic acids is 1. The lowest BCUT2D eigenvalue weighted by Gasteiger charge is -2.09. The summed E-state index contributed by atoms with van der Waals surface area (Å²) in [7, 11) is 1.37. The smallest absolute Gasteiger partial charge is 0.339 e. The zero-order valence-electron chi connectivity index (χ0n) is 9.00. The molecule has 0 saturated heterocycles. The Hall–Kier alpha value is -1.38. The number of ether oxygens (including phenoxy) is 1. The van der Waals surface area contributed by atoms with Crippen molar-refractivity contribution in [2.75, 3.05) is 7.11 Å². The molecular weight excluding hydrogens is 178 g/mol. The van der Waals surface area contributed by atoms with Crippen LogP contribution in [0.4, 0.5) is 0 Å². The molecular formula is C11H15NO2. The van der Waals surface area contributed by atoms with Crippen molar-refractivity contribution in [2.24, 2.45) is 0 Å². The van der Waals surface area contributed by atoms with Crippen molar-refractivity contribution in [3.8, 4) is 0 Å². The van der Waals surface area contributed by atoms with Gasteiger partial charge in [0, 0.05) is 11.9 Å². The lowest BCUT2D eigenvalue weighted by atomic mass is 10.0. The van der Waals surface area contributed by atoms with Crippen LogP contribution in [0.5, 0.6) is 0 Å². The number of nitrogens with zero attached hydrogens (tertiary/aromatic N) is 1. The van der Waals surface area contributed by atoms with Crippen molar-refractivity contribution >= 4 is 5.97 Å². The van der Waals surface area contributed by atoms with Gasteiger partial charge in [-0.2, -0.15) is 0 Å². The molecule has 76 valence electrons. The second-order valence-corrected chi connectivity index (χ2v) is 3.57. The van der Waals surface area contributed by atoms with Crippen LogP contribution in [0.3, 0.4) is 0 Å². The zero-order valence-corrected chi connectivity index (χ0v) is 9.00. The fourth-order valence-corrected chi connectivity index (χ4v) is 1.42. The number of pyridine rings is 1. The molecule has 0 radical (unpaired) electrons. The third kappa shape index (κ3) is 2.10. The van der Waals surface area contributed by atoms with Gasteiger partial charge in [0.1, 0.15) is 0 Å². The van der Waals surface area contributed by atoms with Gasteiger partial charge in [0.05, 0.1) is 12.7 Å². The Morgan fingerprint density at radius 3 is 2.57 bits per heavy atom. The molecule has 1 aromatic rings. The monoisotopic (exact) mass is 193 g/mol. The number of aryl methyl sites for hydroxylation is 1. The van der Waals surface area contributed by atoms with Gasteiger partial charge in [0.15, 0.2) is 0 Å². The van der Waals surface area contributed by atoms with Crippen LogP contribution in [0.25, 0.3) is 0 Å². The van der Waals surface area contributed by atoms with Gasteiger partial charge in [-0.1, -0.05) is 13.8 Å². The Morgan fingerprint density at radius 2 is 2.14 bits per heavy atom. The highest BCUT2D eigenvalue weighted by molar-refractivity contribution is 5.89. The summed E-state index contributed by atoms with van der Waals surface area (Å²) in [6.45, 7) is 6.11. The fraction of sp³-hybridized carbons (Fsp3) is 0.455. The molecule has 3 heteroatoms. The number of hydrogen-bond donors (Lipinski definition) is 0. The van der Waals surface area contributed by atoms with Crippen molar-refractivity contribution in [2.45, 2.75) is 26.7 Å². The zero-order chi connectivity index (χ0) is 10.7. The second-order valence-electron chi connectivity index (χ2n) is 3.57. The first-order valence-corrected chi connectivity index (χ1v) is 4.61. The molecule has 14 heavy (non-hydrogen) atoms. The molecule has 0 aliphatic heterocycles. The molecule has 0 fully saturated rings. The predicted molar refractivity (Wildman–Crippen MR) is 54.4 cm³/mol. The molecule has 1 heterocycles. The summed E-state index contributed by atoms with van der Waals surface area (Å²) >= 11 is 0. The van der Waals surface area contributed by atoms with Crippen LogP contribution in [0, 0.1) is 6.92 Å². The molecule has 0 aromatic carbocycles. The van der Waals surface area contributed by atoms with Crippen LogP contribution in [-0.4, -0.2) is 18.1 Å². The first kappa shape index (κ1) is 10.7. The Labute approximate surface area is 84.1 Å². The molecule has 0 unspecified atom stereocenters. The highest BCUT2D eigenvalue weighted by Gasteiger charge is 2.10. The van der Waals surface area contributed by atoms with Crippen LogP contribution in [0.15, 0.2) is 12.3 Å². The van der Waals surface area contributed by atoms with E-state index in [1.807, 2.05) is 13.0 Å². The van der Waals surface area contributed by atoms with E-state index < -0.39 is 0 Å². The first-order chi connectivity index (χ1) is 6.56. The highest BCUT2D eigenvalue weighted by Crippen LogP contribution is 2.17. The summed E-state index contributed by atoms with van der Waals surface area (Å²) < 4.78 is 4.61. The molecule has 3 nitrogen and oxygen atoms in total. The van der Waals surface area contributed by atoms with E-state index in [4.69, 9.17) is 0 Å². The quantitative estimate of drug-likeness (QED) is 0.676. The lowest BCUT2D eigenvalue weighted by molar-refractivity contribution is 0.0600. The summed E-state index contributed by atoms with van der Waals surface area (Å²) in [6.07, 6.45) is 1.56. The van der Waals surface area contributed by atoms with Crippen molar-refractivity contribution in [3.63, 3.8) is 0 Å². The Morgan fingerprint density at radius 1 is 1.50 bits per heavy atom. The van der Waals surface area contributed by atoms with Crippen molar-refractivity contribution in [3.05, 3.63) is 29.1 Å². The average Bonchev–Trinajstić information content (AvgIpc) is 2.15. The van der Waals surface area contributed by atoms with Gasteiger partial charge in [-0.25, -0.2) is 4.79 Å². The summed E-state index contributed by atoms with van der Waals surface area (Å²) in [5, 5.41) is 0. The van der Waals surface area contributed by atoms with Gasteiger partial charge in [-0.05, 0) is 24.5 Å². The van der Waals surface area contributed by atoms with Gasteiger partial charge in [0.25, 0.3) is 0 Å². The fourth-order valence-electron chi connectivity index (χ4n) is 1.42. The van der Waals surface area contributed by atoms with E-state index in [9.17, 15) is 4.79 Å². The van der Waals surface area contributed by atoms with Crippen molar-refractivity contribution < 1.29 is 9.53 Å². The molecule has 0 N–H and O–H groups in total. The normalized spacial score (nSPS) is 10.4. The highest BCUT2D eigenvalue weighted by atomic mass is 16.5. The third-order valence-electron chi connectivity index (χ3n) is 2.09. The molecule has 0 aliphatic rings. The molecule has 0 spiro atoms. The van der Waals surface area contributed by atoms with E-state index >= 15 is 0 Å². The number of rotatable bonds is 2. The summed E-state index contributed by atoms with van der Waals surface area (Å²) in [5.41, 5.74) is 2.56. The van der Waals surface area contributed by atoms with E-state index in [2.05, 4.69) is 23.6 Å². The SMILES string of the molecule is COC(=O)c1cnc(C(C)C)c(C)c1. The summed E-state index contributed by atoms with van der Waals surface area (Å²) in [5.74, 6) is 0.0394. The molecule has 0 amide bonds. The Balaban J connectivity index is 3.06. The predicted octanol–water partition coefficient (Wildman–Crippen LogP) is 2.30. The van der Waals surface area contributed by atoms with Crippen LogP contribution in [0.1, 0.15) is 41.4 Å². The minimum absolute atomic E-state index is 0.337. The number of esters is 1. The van der Waals surface area contributed by atoms with Gasteiger partial charge >= 0.3 is 5.97 Å². The summed E-state index contributed by atoms with van der Waals surface area (Å²) in [4.78, 5) is 15.4. The van der Waals surface area contributed by atoms with Crippen LogP contribution in [-0.2, 0) is 4.74 Å². The number of methoxy groups -OCH3 is 1. The molecule has 0 saturated carbocycles. The summed E-state index contributed by atoms with van der Waals surface area (Å²) in [6, 6.07) is 1.81. The van der Waals surface area contributed by atoms with E-state index in [0.717, 1.165) is 11.3 Å². The largest absolute Gasteiger partial charge is 0.465 e. The topological polar surface area (TPSA) is 39.2 Å². The first-order valence-electron chi connectivity index (χ1n) is 4.61. The standard InChI is InChI=1S/C11H15NO2/c1-7(2)10-8(3)5-9(6-12-10)11(13)14-4/h5-7H,1-4H3. The minimum Gasteiger partial charge on any atom is -0.465 e. The van der Waals surface area contributed by atoms with Gasteiger partial charge in [-0.3, -0.25) is 4.98 Å². The van der Waals surface area contributed by atoms with E-state index in [0.29, 0.717) is 11.5 Å². The van der Waals surface area contributed by atoms with Crippen molar-refractivity contribution in [1.82, 2.24) is 4.98 Å². The Kier molecular flexibility index (Phi) is 3.23. The number of aromatic nitrogens is 1. The van der Waals surface area contributed by atoms with Crippen LogP contribution in [0.2, 0.25) is 0 Å². The maximum absolute atomic E-state index is 11.2. The number of hydrogen-bond acceptors (Lipinski definition) is 3. The maximum Gasteiger partial charge on any atom is 0.339 e. The molecule has 0 atom stereocenters. The lowest BCUT2D eigenvalue weighted by Crippen LogP contribution is -2.05. The third-order valence-corrected chi connectivity index (χ3v) is 2.09. The van der Waals surface area contributed by atoms with Gasteiger partial charge in [-0.15, -0.1) is 0 Å². The van der Waals surface area contributed by atoms with Gasteiger partial charge in [0.2, 0.25) is 0 Å². The number of carbonyl (C=O) groups is 1. The molecule has 0 bridgehead atoms. The minimum atomic E-state index is -0.337. The van der Waals surface area contributed by atoms with E-state index in [1.54, 1.807) is 6.20 Å². The average molecular weight is 193 g/mol. The maximum atomic E-state index is 11.2. The molecule has 1 rings (SSSR count). The second kappa shape index (κ2) is 4.22.